The fraction of sp³-hybridized carbons (Fsp3) is 0.944. The molecule has 23 heteroatoms. The molecule has 4 heterocycles. The van der Waals surface area contributed by atoms with Crippen LogP contribution in [0, 0.1) is 50.2 Å². The second-order valence-corrected chi connectivity index (χ2v) is 26.3. The van der Waals surface area contributed by atoms with Gasteiger partial charge in [0.15, 0.2) is 18.9 Å². The van der Waals surface area contributed by atoms with Crippen molar-refractivity contribution in [3.63, 3.8) is 0 Å². The molecule has 0 spiro atoms. The van der Waals surface area contributed by atoms with Crippen molar-refractivity contribution in [3.05, 3.63) is 11.6 Å². The van der Waals surface area contributed by atoms with Crippen molar-refractivity contribution in [3.8, 4) is 0 Å². The second-order valence-electron chi connectivity index (χ2n) is 26.3. The number of aliphatic hydroxyl groups excluding tert-OH is 14. The van der Waals surface area contributed by atoms with Gasteiger partial charge in [0, 0.05) is 0 Å². The van der Waals surface area contributed by atoms with Gasteiger partial charge in [-0.25, -0.2) is 0 Å². The number of fused-ring (bicyclic) bond motifs is 7. The van der Waals surface area contributed by atoms with Crippen LogP contribution in [0.3, 0.4) is 0 Å². The van der Waals surface area contributed by atoms with E-state index in [4.69, 9.17) is 37.9 Å². The molecule has 0 aromatic rings. The molecule has 0 amide bonds. The molecule has 4 saturated carbocycles. The third kappa shape index (κ3) is 9.80. The minimum absolute atomic E-state index is 0.0454. The molecule has 442 valence electrons. The summed E-state index contributed by atoms with van der Waals surface area (Å²) in [5, 5.41) is 149. The Hall–Kier alpha value is -1.63. The number of rotatable bonds is 12. The first-order chi connectivity index (χ1) is 36.1. The van der Waals surface area contributed by atoms with Crippen LogP contribution in [-0.2, 0) is 42.7 Å². The number of esters is 1. The van der Waals surface area contributed by atoms with Gasteiger partial charge in [-0.05, 0) is 109 Å². The van der Waals surface area contributed by atoms with Gasteiger partial charge in [0.25, 0.3) is 0 Å². The van der Waals surface area contributed by atoms with Crippen molar-refractivity contribution in [1.29, 1.82) is 0 Å². The van der Waals surface area contributed by atoms with E-state index in [2.05, 4.69) is 54.5 Å². The highest BCUT2D eigenvalue weighted by Crippen LogP contribution is 2.76. The molecule has 5 aliphatic carbocycles. The molecule has 8 fully saturated rings. The van der Waals surface area contributed by atoms with E-state index in [1.54, 1.807) is 0 Å². The van der Waals surface area contributed by atoms with Gasteiger partial charge in [-0.1, -0.05) is 60.1 Å². The van der Waals surface area contributed by atoms with Gasteiger partial charge in [-0.3, -0.25) is 4.79 Å². The van der Waals surface area contributed by atoms with E-state index in [0.717, 1.165) is 32.1 Å². The summed E-state index contributed by atoms with van der Waals surface area (Å²) in [7, 11) is 0. The maximum atomic E-state index is 14.8. The molecule has 28 atom stereocenters. The van der Waals surface area contributed by atoms with E-state index in [-0.39, 0.29) is 39.4 Å². The van der Waals surface area contributed by atoms with E-state index in [1.165, 1.54) is 5.57 Å². The fourth-order valence-corrected chi connectivity index (χ4v) is 16.5. The van der Waals surface area contributed by atoms with Crippen molar-refractivity contribution in [2.24, 2.45) is 50.2 Å². The summed E-state index contributed by atoms with van der Waals surface area (Å²) in [4.78, 5) is 14.8. The van der Waals surface area contributed by atoms with Crippen LogP contribution in [0.25, 0.3) is 0 Å². The molecule has 0 unspecified atom stereocenters. The third-order valence-corrected chi connectivity index (χ3v) is 21.4. The first-order valence-electron chi connectivity index (χ1n) is 27.8. The summed E-state index contributed by atoms with van der Waals surface area (Å²) < 4.78 is 48.9. The maximum Gasteiger partial charge on any atom is 0.315 e. The Kier molecular flexibility index (Phi) is 17.0. The monoisotopic (exact) mass is 1100 g/mol. The highest BCUT2D eigenvalue weighted by Gasteiger charge is 2.70. The van der Waals surface area contributed by atoms with Crippen LogP contribution in [-0.4, -0.2) is 233 Å². The van der Waals surface area contributed by atoms with Gasteiger partial charge >= 0.3 is 5.97 Å². The van der Waals surface area contributed by atoms with E-state index >= 15 is 0 Å². The number of hydrogen-bond acceptors (Lipinski definition) is 23. The fourth-order valence-electron chi connectivity index (χ4n) is 16.5. The van der Waals surface area contributed by atoms with Crippen LogP contribution in [0.15, 0.2) is 11.6 Å². The Morgan fingerprint density at radius 3 is 1.55 bits per heavy atom. The number of carbonyl (C=O) groups is 1. The predicted molar refractivity (Wildman–Crippen MR) is 263 cm³/mol. The van der Waals surface area contributed by atoms with Gasteiger partial charge in [0.05, 0.1) is 37.9 Å². The minimum Gasteiger partial charge on any atom is -0.432 e. The lowest BCUT2D eigenvalue weighted by Gasteiger charge is -2.71. The molecule has 4 aliphatic heterocycles. The molecule has 23 nitrogen and oxygen atoms in total. The molecule has 0 bridgehead atoms. The summed E-state index contributed by atoms with van der Waals surface area (Å²) in [6.45, 7) is 12.8. The second kappa shape index (κ2) is 21.8. The van der Waals surface area contributed by atoms with E-state index in [0.29, 0.717) is 32.1 Å². The Labute approximate surface area is 449 Å². The zero-order valence-corrected chi connectivity index (χ0v) is 45.3. The molecule has 0 aromatic heterocycles. The number of ether oxygens (including phenoxy) is 8. The zero-order valence-electron chi connectivity index (χ0n) is 45.3. The minimum atomic E-state index is -1.94. The molecule has 0 radical (unpaired) electrons. The predicted octanol–water partition coefficient (Wildman–Crippen LogP) is -2.04. The standard InChI is InChI=1S/C54H88O23/c1-49(2)14-16-54(48(69)77-46-41(68)38(65)34(61)27(21-57)72-46)17-15-52(6)23(24(54)18-49)8-9-30-51(5)12-11-31(50(3,4)29(51)10-13-53(30,52)7)74-47-43(76-45-40(67)37(64)33(60)26(20-56)71-45)42(35(62)28(22-58)73-47)75-44-39(66)36(63)32(59)25(19-55)70-44/h8,24-47,55-68H,9-22H2,1-7H3/t24-,25+,26+,27+,28+,29-,30+,31-,32+,33+,34+,35+,36-,37-,38-,39+,40+,41+,42-,43+,44-,45-,46-,47-,51-,52+,53+,54-/m0/s1. The summed E-state index contributed by atoms with van der Waals surface area (Å²) >= 11 is 0. The van der Waals surface area contributed by atoms with Crippen LogP contribution in [0.1, 0.15) is 113 Å². The van der Waals surface area contributed by atoms with Gasteiger partial charge < -0.3 is 109 Å². The normalized spacial score (nSPS) is 53.4. The largest absolute Gasteiger partial charge is 0.432 e. The smallest absolute Gasteiger partial charge is 0.315 e. The quantitative estimate of drug-likeness (QED) is 0.0569. The molecular weight excluding hydrogens is 1020 g/mol. The van der Waals surface area contributed by atoms with E-state index in [9.17, 15) is 76.3 Å². The summed E-state index contributed by atoms with van der Waals surface area (Å²) in [5.41, 5.74) is -1.27. The topological polar surface area (TPSA) is 374 Å². The number of hydrogen-bond donors (Lipinski definition) is 14. The van der Waals surface area contributed by atoms with Crippen LogP contribution >= 0.6 is 0 Å². The number of carbonyl (C=O) groups excluding carboxylic acids is 1. The molecule has 9 aliphatic rings. The van der Waals surface area contributed by atoms with E-state index < -0.39 is 172 Å². The molecule has 9 rings (SSSR count). The van der Waals surface area contributed by atoms with Crippen LogP contribution in [0.2, 0.25) is 0 Å². The van der Waals surface area contributed by atoms with Crippen molar-refractivity contribution < 1.29 is 114 Å². The molecule has 77 heavy (non-hydrogen) atoms. The average molecular weight is 1110 g/mol. The SMILES string of the molecule is CC1(C)CC[C@]2(C(=O)O[C@@H]3O[C@H](CO)[C@@H](O)[C@H](O)[C@H]3O)CC[C@]3(C)C(=CC[C@@H]4[C@@]5(C)CC[C@H](O[C@@H]6O[C@H](CO)[C@@H](O)[C@H](O[C@@H]7O[C@H](CO)[C@@H](O)[C@H](O)[C@H]7O)[C@H]6O[C@@H]6O[C@H](CO)[C@@H](O)[C@H](O)[C@H]6O)C(C)(C)[C@@H]5CC[C@]43C)[C@@H]2C1. The molecule has 14 N–H and O–H groups in total. The highest BCUT2D eigenvalue weighted by atomic mass is 16.8. The van der Waals surface area contributed by atoms with Crippen molar-refractivity contribution >= 4 is 5.97 Å². The third-order valence-electron chi connectivity index (χ3n) is 21.4. The average Bonchev–Trinajstić information content (AvgIpc) is 3.55. The number of aliphatic hydroxyl groups is 14. The highest BCUT2D eigenvalue weighted by molar-refractivity contribution is 5.79. The van der Waals surface area contributed by atoms with Crippen molar-refractivity contribution in [1.82, 2.24) is 0 Å². The summed E-state index contributed by atoms with van der Waals surface area (Å²) in [5.74, 6) is -0.507. The summed E-state index contributed by atoms with van der Waals surface area (Å²) in [6.07, 6.45) is -25.0. The van der Waals surface area contributed by atoms with Gasteiger partial charge in [0.1, 0.15) is 97.7 Å². The maximum absolute atomic E-state index is 14.8. The van der Waals surface area contributed by atoms with Crippen LogP contribution in [0.4, 0.5) is 0 Å². The van der Waals surface area contributed by atoms with Crippen LogP contribution < -0.4 is 0 Å². The number of allylic oxidation sites excluding steroid dienone is 2. The first-order valence-corrected chi connectivity index (χ1v) is 27.8. The van der Waals surface area contributed by atoms with Gasteiger partial charge in [-0.15, -0.1) is 0 Å². The lowest BCUT2D eigenvalue weighted by Crippen LogP contribution is -2.68. The lowest BCUT2D eigenvalue weighted by atomic mass is 9.33. The lowest BCUT2D eigenvalue weighted by molar-refractivity contribution is -0.399. The van der Waals surface area contributed by atoms with E-state index in [1.807, 2.05) is 0 Å². The van der Waals surface area contributed by atoms with Gasteiger partial charge in [-0.2, -0.15) is 0 Å². The Bertz CT molecular complexity index is 2110. The summed E-state index contributed by atoms with van der Waals surface area (Å²) in [6, 6.07) is 0. The molecule has 0 aromatic carbocycles. The molecule has 4 saturated heterocycles. The van der Waals surface area contributed by atoms with Crippen molar-refractivity contribution in [2.45, 2.75) is 242 Å². The van der Waals surface area contributed by atoms with Crippen LogP contribution in [0.5, 0.6) is 0 Å². The van der Waals surface area contributed by atoms with Crippen molar-refractivity contribution in [2.75, 3.05) is 26.4 Å². The first kappa shape index (κ1) is 60.0. The Morgan fingerprint density at radius 2 is 1.00 bits per heavy atom. The Balaban J connectivity index is 0.995. The molecular formula is C54H88O23. The zero-order chi connectivity index (χ0) is 56.3. The Morgan fingerprint density at radius 1 is 0.519 bits per heavy atom. The van der Waals surface area contributed by atoms with Gasteiger partial charge in [0.2, 0.25) is 6.29 Å².